The summed E-state index contributed by atoms with van der Waals surface area (Å²) in [4.78, 5) is 4.95. The van der Waals surface area contributed by atoms with E-state index in [1.54, 1.807) is 7.11 Å². The van der Waals surface area contributed by atoms with E-state index in [0.29, 0.717) is 6.04 Å². The van der Waals surface area contributed by atoms with E-state index in [1.165, 1.54) is 24.9 Å². The van der Waals surface area contributed by atoms with Crippen molar-refractivity contribution in [1.29, 1.82) is 0 Å². The Bertz CT molecular complexity index is 421. The van der Waals surface area contributed by atoms with Crippen LogP contribution in [0.25, 0.3) is 0 Å². The monoisotopic (exact) mass is 291 g/mol. The molecule has 0 bridgehead atoms. The summed E-state index contributed by atoms with van der Waals surface area (Å²) in [5, 5.41) is 0. The molecule has 118 valence electrons. The highest BCUT2D eigenvalue weighted by Gasteiger charge is 2.24. The van der Waals surface area contributed by atoms with E-state index in [4.69, 9.17) is 10.5 Å². The zero-order valence-electron chi connectivity index (χ0n) is 13.6. The summed E-state index contributed by atoms with van der Waals surface area (Å²) in [5.74, 6) is 0.879. The highest BCUT2D eigenvalue weighted by molar-refractivity contribution is 5.29. The predicted molar refractivity (Wildman–Crippen MR) is 87.7 cm³/mol. The maximum absolute atomic E-state index is 6.33. The first kappa shape index (κ1) is 16.3. The topological polar surface area (TPSA) is 41.7 Å². The van der Waals surface area contributed by atoms with Crippen LogP contribution in [0.4, 0.5) is 0 Å². The fourth-order valence-corrected chi connectivity index (χ4v) is 3.24. The summed E-state index contributed by atoms with van der Waals surface area (Å²) in [5.41, 5.74) is 7.50. The maximum Gasteiger partial charge on any atom is 0.118 e. The average molecular weight is 291 g/mol. The standard InChI is InChI=1S/C17H29N3O/c1-4-20-11-5-6-15(20)12-19(2)13-17(18)14-7-9-16(21-3)10-8-14/h7-10,15,17H,4-6,11-13,18H2,1-3H3. The number of hydrogen-bond donors (Lipinski definition) is 1. The number of benzene rings is 1. The Balaban J connectivity index is 1.84. The molecule has 2 unspecified atom stereocenters. The molecule has 1 aliphatic heterocycles. The smallest absolute Gasteiger partial charge is 0.118 e. The van der Waals surface area contributed by atoms with Crippen molar-refractivity contribution in [2.24, 2.45) is 5.73 Å². The van der Waals surface area contributed by atoms with Crippen LogP contribution in [0, 0.1) is 0 Å². The van der Waals surface area contributed by atoms with Gasteiger partial charge in [0.15, 0.2) is 0 Å². The molecule has 2 atom stereocenters. The van der Waals surface area contributed by atoms with Crippen LogP contribution in [0.1, 0.15) is 31.4 Å². The number of rotatable bonds is 7. The normalized spacial score (nSPS) is 20.9. The largest absolute Gasteiger partial charge is 0.497 e. The van der Waals surface area contributed by atoms with Gasteiger partial charge in [-0.3, -0.25) is 4.90 Å². The van der Waals surface area contributed by atoms with Crippen LogP contribution < -0.4 is 10.5 Å². The molecule has 0 saturated carbocycles. The van der Waals surface area contributed by atoms with E-state index in [-0.39, 0.29) is 6.04 Å². The number of ether oxygens (including phenoxy) is 1. The molecule has 2 N–H and O–H groups in total. The number of likely N-dealkylation sites (N-methyl/N-ethyl adjacent to an activating group) is 2. The minimum absolute atomic E-state index is 0.0531. The summed E-state index contributed by atoms with van der Waals surface area (Å²) in [6, 6.07) is 8.83. The van der Waals surface area contributed by atoms with E-state index in [1.807, 2.05) is 12.1 Å². The molecule has 1 fully saturated rings. The van der Waals surface area contributed by atoms with Crippen molar-refractivity contribution >= 4 is 0 Å². The van der Waals surface area contributed by atoms with Crippen molar-refractivity contribution in [3.63, 3.8) is 0 Å². The van der Waals surface area contributed by atoms with Gasteiger partial charge in [0.2, 0.25) is 0 Å². The Kier molecular flexibility index (Phi) is 6.03. The molecule has 0 amide bonds. The van der Waals surface area contributed by atoms with Gasteiger partial charge in [-0.15, -0.1) is 0 Å². The van der Waals surface area contributed by atoms with Crippen LogP contribution in [-0.2, 0) is 0 Å². The van der Waals surface area contributed by atoms with Crippen LogP contribution in [0.3, 0.4) is 0 Å². The van der Waals surface area contributed by atoms with Gasteiger partial charge in [-0.05, 0) is 50.7 Å². The Hall–Kier alpha value is -1.10. The second kappa shape index (κ2) is 7.78. The van der Waals surface area contributed by atoms with Crippen molar-refractivity contribution in [2.45, 2.75) is 31.8 Å². The van der Waals surface area contributed by atoms with E-state index >= 15 is 0 Å². The minimum atomic E-state index is 0.0531. The second-order valence-electron chi connectivity index (χ2n) is 6.03. The van der Waals surface area contributed by atoms with Gasteiger partial charge in [0, 0.05) is 25.2 Å². The van der Waals surface area contributed by atoms with Gasteiger partial charge in [-0.1, -0.05) is 19.1 Å². The van der Waals surface area contributed by atoms with Crippen LogP contribution in [0.2, 0.25) is 0 Å². The molecular formula is C17H29N3O. The molecule has 1 aromatic carbocycles. The number of nitrogens with two attached hydrogens (primary N) is 1. The van der Waals surface area contributed by atoms with Crippen molar-refractivity contribution in [2.75, 3.05) is 40.3 Å². The zero-order chi connectivity index (χ0) is 15.2. The van der Waals surface area contributed by atoms with Crippen LogP contribution in [-0.4, -0.2) is 56.2 Å². The molecule has 0 aliphatic carbocycles. The summed E-state index contributed by atoms with van der Waals surface area (Å²) in [6.45, 7) is 6.65. The molecule has 1 saturated heterocycles. The molecule has 0 radical (unpaired) electrons. The molecule has 0 spiro atoms. The Morgan fingerprint density at radius 1 is 1.38 bits per heavy atom. The Morgan fingerprint density at radius 3 is 2.71 bits per heavy atom. The first-order valence-electron chi connectivity index (χ1n) is 7.96. The number of hydrogen-bond acceptors (Lipinski definition) is 4. The number of nitrogens with zero attached hydrogens (tertiary/aromatic N) is 2. The molecular weight excluding hydrogens is 262 g/mol. The summed E-state index contributed by atoms with van der Waals surface area (Å²) < 4.78 is 5.19. The molecule has 4 heteroatoms. The first-order valence-corrected chi connectivity index (χ1v) is 7.96. The first-order chi connectivity index (χ1) is 10.1. The predicted octanol–water partition coefficient (Wildman–Crippen LogP) is 2.11. The minimum Gasteiger partial charge on any atom is -0.497 e. The van der Waals surface area contributed by atoms with Gasteiger partial charge in [0.1, 0.15) is 5.75 Å². The highest BCUT2D eigenvalue weighted by Crippen LogP contribution is 2.19. The average Bonchev–Trinajstić information content (AvgIpc) is 2.94. The Labute approximate surface area is 128 Å². The van der Waals surface area contributed by atoms with E-state index in [0.717, 1.165) is 25.4 Å². The fourth-order valence-electron chi connectivity index (χ4n) is 3.24. The molecule has 0 aromatic heterocycles. The molecule has 21 heavy (non-hydrogen) atoms. The van der Waals surface area contributed by atoms with Crippen LogP contribution in [0.5, 0.6) is 5.75 Å². The van der Waals surface area contributed by atoms with Crippen molar-refractivity contribution in [1.82, 2.24) is 9.80 Å². The molecule has 1 aromatic rings. The van der Waals surface area contributed by atoms with Crippen molar-refractivity contribution in [3.8, 4) is 5.75 Å². The van der Waals surface area contributed by atoms with E-state index in [2.05, 4.69) is 35.9 Å². The molecule has 4 nitrogen and oxygen atoms in total. The third-order valence-corrected chi connectivity index (χ3v) is 4.48. The van der Waals surface area contributed by atoms with Gasteiger partial charge in [-0.25, -0.2) is 0 Å². The molecule has 1 heterocycles. The lowest BCUT2D eigenvalue weighted by Crippen LogP contribution is -2.41. The van der Waals surface area contributed by atoms with Crippen LogP contribution >= 0.6 is 0 Å². The second-order valence-corrected chi connectivity index (χ2v) is 6.03. The van der Waals surface area contributed by atoms with E-state index in [9.17, 15) is 0 Å². The van der Waals surface area contributed by atoms with Gasteiger partial charge in [-0.2, -0.15) is 0 Å². The van der Waals surface area contributed by atoms with Gasteiger partial charge < -0.3 is 15.4 Å². The van der Waals surface area contributed by atoms with Crippen molar-refractivity contribution in [3.05, 3.63) is 29.8 Å². The highest BCUT2D eigenvalue weighted by atomic mass is 16.5. The molecule has 1 aliphatic rings. The molecule has 2 rings (SSSR count). The van der Waals surface area contributed by atoms with Gasteiger partial charge in [0.05, 0.1) is 7.11 Å². The summed E-state index contributed by atoms with van der Waals surface area (Å²) in [6.07, 6.45) is 2.65. The zero-order valence-corrected chi connectivity index (χ0v) is 13.6. The van der Waals surface area contributed by atoms with Crippen LogP contribution in [0.15, 0.2) is 24.3 Å². The van der Waals surface area contributed by atoms with Gasteiger partial charge >= 0.3 is 0 Å². The lowest BCUT2D eigenvalue weighted by Gasteiger charge is -2.29. The lowest BCUT2D eigenvalue weighted by atomic mass is 10.1. The van der Waals surface area contributed by atoms with E-state index < -0.39 is 0 Å². The fraction of sp³-hybridized carbons (Fsp3) is 0.647. The SMILES string of the molecule is CCN1CCCC1CN(C)CC(N)c1ccc(OC)cc1. The summed E-state index contributed by atoms with van der Waals surface area (Å²) in [7, 11) is 3.86. The quantitative estimate of drug-likeness (QED) is 0.835. The third kappa shape index (κ3) is 4.43. The Morgan fingerprint density at radius 2 is 2.10 bits per heavy atom. The van der Waals surface area contributed by atoms with Gasteiger partial charge in [0.25, 0.3) is 0 Å². The lowest BCUT2D eigenvalue weighted by molar-refractivity contribution is 0.193. The van der Waals surface area contributed by atoms with Crippen molar-refractivity contribution < 1.29 is 4.74 Å². The number of likely N-dealkylation sites (tertiary alicyclic amines) is 1. The maximum atomic E-state index is 6.33. The number of methoxy groups -OCH3 is 1. The summed E-state index contributed by atoms with van der Waals surface area (Å²) >= 11 is 0. The third-order valence-electron chi connectivity index (χ3n) is 4.48.